The molecule has 1 aromatic heterocycles. The number of rotatable bonds is 5. The zero-order chi connectivity index (χ0) is 10.6. The first-order chi connectivity index (χ1) is 6.56. The molecule has 1 aromatic rings. The van der Waals surface area contributed by atoms with Gasteiger partial charge in [-0.2, -0.15) is 0 Å². The number of hydrogen-bond acceptors (Lipinski definition) is 4. The monoisotopic (exact) mass is 235 g/mol. The van der Waals surface area contributed by atoms with Crippen molar-refractivity contribution in [3.8, 4) is 0 Å². The van der Waals surface area contributed by atoms with Crippen LogP contribution in [-0.4, -0.2) is 28.2 Å². The van der Waals surface area contributed by atoms with Crippen LogP contribution in [0, 0.1) is 0 Å². The highest BCUT2D eigenvalue weighted by atomic mass is 32.2. The highest BCUT2D eigenvalue weighted by Crippen LogP contribution is 2.15. The minimum atomic E-state index is -3.35. The first kappa shape index (κ1) is 11.6. The van der Waals surface area contributed by atoms with E-state index in [2.05, 4.69) is 4.72 Å². The van der Waals surface area contributed by atoms with Crippen molar-refractivity contribution in [2.24, 2.45) is 0 Å². The Bertz CT molecular complexity index is 358. The maximum atomic E-state index is 11.6. The summed E-state index contributed by atoms with van der Waals surface area (Å²) in [5, 5.41) is 1.73. The number of thiophene rings is 1. The normalized spacial score (nSPS) is 14.1. The summed E-state index contributed by atoms with van der Waals surface area (Å²) in [5.41, 5.74) is 0. The summed E-state index contributed by atoms with van der Waals surface area (Å²) >= 11 is 1.20. The molecular formula is C8H13NO3S2. The first-order valence-electron chi connectivity index (χ1n) is 4.11. The van der Waals surface area contributed by atoms with Gasteiger partial charge in [-0.3, -0.25) is 0 Å². The summed E-state index contributed by atoms with van der Waals surface area (Å²) in [6.07, 6.45) is 0. The van der Waals surface area contributed by atoms with Crippen molar-refractivity contribution < 1.29 is 13.2 Å². The third-order valence-electron chi connectivity index (χ3n) is 1.53. The Hall–Kier alpha value is -0.430. The van der Waals surface area contributed by atoms with Crippen molar-refractivity contribution in [3.05, 3.63) is 17.5 Å². The van der Waals surface area contributed by atoms with Gasteiger partial charge in [-0.15, -0.1) is 11.3 Å². The number of hydrogen-bond donors (Lipinski definition) is 1. The van der Waals surface area contributed by atoms with Gasteiger partial charge in [-0.1, -0.05) is 6.07 Å². The molecule has 6 heteroatoms. The van der Waals surface area contributed by atoms with Crippen molar-refractivity contribution in [2.45, 2.75) is 17.2 Å². The maximum Gasteiger partial charge on any atom is 0.250 e. The van der Waals surface area contributed by atoms with E-state index in [1.807, 2.05) is 0 Å². The molecule has 1 rings (SSSR count). The second-order valence-corrected chi connectivity index (χ2v) is 5.80. The van der Waals surface area contributed by atoms with Gasteiger partial charge in [-0.25, -0.2) is 13.1 Å². The van der Waals surface area contributed by atoms with Crippen molar-refractivity contribution in [2.75, 3.05) is 13.7 Å². The smallest absolute Gasteiger partial charge is 0.250 e. The molecule has 0 unspecified atom stereocenters. The van der Waals surface area contributed by atoms with Crippen LogP contribution in [-0.2, 0) is 14.8 Å². The third-order valence-corrected chi connectivity index (χ3v) is 4.52. The summed E-state index contributed by atoms with van der Waals surface area (Å²) in [5.74, 6) is 0. The van der Waals surface area contributed by atoms with Crippen molar-refractivity contribution in [3.63, 3.8) is 0 Å². The molecule has 0 aliphatic heterocycles. The zero-order valence-corrected chi connectivity index (χ0v) is 9.69. The largest absolute Gasteiger partial charge is 0.383 e. The highest BCUT2D eigenvalue weighted by molar-refractivity contribution is 7.91. The summed E-state index contributed by atoms with van der Waals surface area (Å²) in [6.45, 7) is 2.12. The lowest BCUT2D eigenvalue weighted by Crippen LogP contribution is -2.35. The molecule has 1 N–H and O–H groups in total. The van der Waals surface area contributed by atoms with Crippen molar-refractivity contribution in [1.29, 1.82) is 0 Å². The average Bonchev–Trinajstić information content (AvgIpc) is 2.54. The van der Waals surface area contributed by atoms with Crippen LogP contribution in [0.2, 0.25) is 0 Å². The van der Waals surface area contributed by atoms with E-state index in [-0.39, 0.29) is 6.04 Å². The molecule has 1 atom stereocenters. The molecule has 0 amide bonds. The Morgan fingerprint density at radius 3 is 2.86 bits per heavy atom. The zero-order valence-electron chi connectivity index (χ0n) is 8.06. The molecule has 0 aliphatic rings. The standard InChI is InChI=1S/C8H13NO3S2/c1-7(6-12-2)9-14(10,11)8-4-3-5-13-8/h3-5,7,9H,6H2,1-2H3/t7-/m1/s1. The van der Waals surface area contributed by atoms with Gasteiger partial charge in [0, 0.05) is 13.2 Å². The van der Waals surface area contributed by atoms with Gasteiger partial charge in [0.15, 0.2) is 0 Å². The fourth-order valence-electron chi connectivity index (χ4n) is 1.02. The van der Waals surface area contributed by atoms with E-state index in [4.69, 9.17) is 4.74 Å². The van der Waals surface area contributed by atoms with Gasteiger partial charge in [0.05, 0.1) is 6.61 Å². The van der Waals surface area contributed by atoms with Gasteiger partial charge >= 0.3 is 0 Å². The lowest BCUT2D eigenvalue weighted by molar-refractivity contribution is 0.180. The molecular weight excluding hydrogens is 222 g/mol. The summed E-state index contributed by atoms with van der Waals surface area (Å²) < 4.78 is 30.9. The number of nitrogens with one attached hydrogen (secondary N) is 1. The fourth-order valence-corrected chi connectivity index (χ4v) is 3.26. The van der Waals surface area contributed by atoms with Crippen molar-refractivity contribution >= 4 is 21.4 Å². The van der Waals surface area contributed by atoms with E-state index in [9.17, 15) is 8.42 Å². The lowest BCUT2D eigenvalue weighted by Gasteiger charge is -2.11. The van der Waals surface area contributed by atoms with Gasteiger partial charge in [-0.05, 0) is 18.4 Å². The quantitative estimate of drug-likeness (QED) is 0.830. The van der Waals surface area contributed by atoms with Crippen LogP contribution in [0.1, 0.15) is 6.92 Å². The topological polar surface area (TPSA) is 55.4 Å². The van der Waals surface area contributed by atoms with Crippen LogP contribution in [0.3, 0.4) is 0 Å². The van der Waals surface area contributed by atoms with E-state index < -0.39 is 10.0 Å². The van der Waals surface area contributed by atoms with E-state index in [0.717, 1.165) is 0 Å². The van der Waals surface area contributed by atoms with E-state index in [0.29, 0.717) is 10.8 Å². The molecule has 1 heterocycles. The molecule has 0 bridgehead atoms. The van der Waals surface area contributed by atoms with Gasteiger partial charge in [0.2, 0.25) is 10.0 Å². The van der Waals surface area contributed by atoms with Gasteiger partial charge < -0.3 is 4.74 Å². The van der Waals surface area contributed by atoms with Crippen LogP contribution >= 0.6 is 11.3 Å². The maximum absolute atomic E-state index is 11.6. The Morgan fingerprint density at radius 2 is 2.36 bits per heavy atom. The lowest BCUT2D eigenvalue weighted by atomic mass is 10.4. The molecule has 14 heavy (non-hydrogen) atoms. The van der Waals surface area contributed by atoms with Crippen LogP contribution in [0.4, 0.5) is 0 Å². The van der Waals surface area contributed by atoms with Crippen LogP contribution in [0.25, 0.3) is 0 Å². The number of methoxy groups -OCH3 is 1. The van der Waals surface area contributed by atoms with E-state index in [1.54, 1.807) is 24.4 Å². The predicted molar refractivity (Wildman–Crippen MR) is 56.0 cm³/mol. The first-order valence-corrected chi connectivity index (χ1v) is 6.47. The SMILES string of the molecule is COC[C@@H](C)NS(=O)(=O)c1cccs1. The second-order valence-electron chi connectivity index (χ2n) is 2.91. The predicted octanol–water partition coefficient (Wildman–Crippen LogP) is 1.06. The van der Waals surface area contributed by atoms with E-state index in [1.165, 1.54) is 18.4 Å². The molecule has 0 saturated carbocycles. The Balaban J connectivity index is 2.68. The molecule has 0 radical (unpaired) electrons. The summed E-state index contributed by atoms with van der Waals surface area (Å²) in [6, 6.07) is 3.07. The van der Waals surface area contributed by atoms with Crippen molar-refractivity contribution in [1.82, 2.24) is 4.72 Å². The molecule has 0 fully saturated rings. The van der Waals surface area contributed by atoms with Crippen LogP contribution in [0.15, 0.2) is 21.7 Å². The molecule has 80 valence electrons. The average molecular weight is 235 g/mol. The van der Waals surface area contributed by atoms with E-state index >= 15 is 0 Å². The molecule has 0 aromatic carbocycles. The molecule has 0 spiro atoms. The molecule has 0 saturated heterocycles. The number of ether oxygens (including phenoxy) is 1. The second kappa shape index (κ2) is 4.88. The van der Waals surface area contributed by atoms with Crippen LogP contribution < -0.4 is 4.72 Å². The Kier molecular flexibility index (Phi) is 4.06. The van der Waals surface area contributed by atoms with Gasteiger partial charge in [0.25, 0.3) is 0 Å². The Morgan fingerprint density at radius 1 is 1.64 bits per heavy atom. The third kappa shape index (κ3) is 3.06. The molecule has 4 nitrogen and oxygen atoms in total. The highest BCUT2D eigenvalue weighted by Gasteiger charge is 2.17. The fraction of sp³-hybridized carbons (Fsp3) is 0.500. The minimum Gasteiger partial charge on any atom is -0.383 e. The van der Waals surface area contributed by atoms with Crippen LogP contribution in [0.5, 0.6) is 0 Å². The van der Waals surface area contributed by atoms with Gasteiger partial charge in [0.1, 0.15) is 4.21 Å². The molecule has 0 aliphatic carbocycles. The Labute approximate surface area is 88.0 Å². The summed E-state index contributed by atoms with van der Waals surface area (Å²) in [4.78, 5) is 0. The minimum absolute atomic E-state index is 0.216. The summed E-state index contributed by atoms with van der Waals surface area (Å²) in [7, 11) is -1.81. The number of sulfonamides is 1.